The van der Waals surface area contributed by atoms with Gasteiger partial charge >= 0.3 is 0 Å². The lowest BCUT2D eigenvalue weighted by atomic mass is 10.1. The maximum atomic E-state index is 8.93. The standard InChI is InChI=1S/C10H10ClN3O/c11-10-4-3-8(7-15)6-9(10)2-1-5-13-14-12/h1-4,6,15H,5,7H2. The molecule has 1 aromatic carbocycles. The number of rotatable bonds is 4. The lowest BCUT2D eigenvalue weighted by molar-refractivity contribution is 0.282. The summed E-state index contributed by atoms with van der Waals surface area (Å²) in [6.45, 7) is 0.268. The zero-order valence-corrected chi connectivity index (χ0v) is 8.72. The molecule has 0 saturated heterocycles. The van der Waals surface area contributed by atoms with Crippen LogP contribution in [0.5, 0.6) is 0 Å². The van der Waals surface area contributed by atoms with Gasteiger partial charge in [-0.2, -0.15) is 0 Å². The first-order chi connectivity index (χ1) is 7.27. The Balaban J connectivity index is 2.83. The van der Waals surface area contributed by atoms with Crippen molar-refractivity contribution in [1.82, 2.24) is 0 Å². The van der Waals surface area contributed by atoms with Crippen LogP contribution in [0.2, 0.25) is 5.02 Å². The number of benzene rings is 1. The topological polar surface area (TPSA) is 69.0 Å². The summed E-state index contributed by atoms with van der Waals surface area (Å²) in [5.41, 5.74) is 9.66. The highest BCUT2D eigenvalue weighted by Crippen LogP contribution is 2.19. The molecule has 5 heteroatoms. The number of halogens is 1. The molecule has 0 fully saturated rings. The van der Waals surface area contributed by atoms with Crippen LogP contribution in [0.4, 0.5) is 0 Å². The van der Waals surface area contributed by atoms with Gasteiger partial charge in [-0.3, -0.25) is 0 Å². The van der Waals surface area contributed by atoms with E-state index in [1.807, 2.05) is 0 Å². The van der Waals surface area contributed by atoms with Crippen molar-refractivity contribution in [3.05, 3.63) is 50.9 Å². The van der Waals surface area contributed by atoms with Crippen molar-refractivity contribution >= 4 is 17.7 Å². The minimum absolute atomic E-state index is 0.0195. The van der Waals surface area contributed by atoms with Crippen molar-refractivity contribution in [3.63, 3.8) is 0 Å². The highest BCUT2D eigenvalue weighted by molar-refractivity contribution is 6.32. The van der Waals surface area contributed by atoms with Crippen molar-refractivity contribution in [2.75, 3.05) is 6.54 Å². The van der Waals surface area contributed by atoms with Crippen LogP contribution in [0.3, 0.4) is 0 Å². The molecule has 4 nitrogen and oxygen atoms in total. The molecule has 0 aliphatic heterocycles. The largest absolute Gasteiger partial charge is 0.392 e. The Kier molecular flexibility index (Phi) is 4.71. The smallest absolute Gasteiger partial charge is 0.0682 e. The minimum Gasteiger partial charge on any atom is -0.392 e. The van der Waals surface area contributed by atoms with E-state index in [0.29, 0.717) is 5.02 Å². The van der Waals surface area contributed by atoms with Gasteiger partial charge in [0.15, 0.2) is 0 Å². The Morgan fingerprint density at radius 1 is 1.53 bits per heavy atom. The zero-order chi connectivity index (χ0) is 11.1. The average molecular weight is 224 g/mol. The molecule has 0 radical (unpaired) electrons. The number of aliphatic hydroxyl groups excluding tert-OH is 1. The van der Waals surface area contributed by atoms with Gasteiger partial charge in [0.25, 0.3) is 0 Å². The molecule has 0 bridgehead atoms. The maximum Gasteiger partial charge on any atom is 0.0682 e. The van der Waals surface area contributed by atoms with Crippen LogP contribution in [-0.4, -0.2) is 11.7 Å². The molecule has 0 atom stereocenters. The van der Waals surface area contributed by atoms with Gasteiger partial charge in [-0.1, -0.05) is 34.9 Å². The predicted molar refractivity (Wildman–Crippen MR) is 60.4 cm³/mol. The van der Waals surface area contributed by atoms with Gasteiger partial charge in [0, 0.05) is 16.5 Å². The second kappa shape index (κ2) is 6.09. The van der Waals surface area contributed by atoms with E-state index >= 15 is 0 Å². The van der Waals surface area contributed by atoms with Gasteiger partial charge < -0.3 is 5.11 Å². The Morgan fingerprint density at radius 2 is 2.33 bits per heavy atom. The number of nitrogens with zero attached hydrogens (tertiary/aromatic N) is 3. The molecule has 1 rings (SSSR count). The molecule has 15 heavy (non-hydrogen) atoms. The first kappa shape index (κ1) is 11.6. The quantitative estimate of drug-likeness (QED) is 0.476. The summed E-state index contributed by atoms with van der Waals surface area (Å²) in [6.07, 6.45) is 3.47. The second-order valence-corrected chi connectivity index (χ2v) is 3.24. The molecule has 1 aromatic rings. The fourth-order valence-corrected chi connectivity index (χ4v) is 1.26. The van der Waals surface area contributed by atoms with Crippen molar-refractivity contribution in [1.29, 1.82) is 0 Å². The van der Waals surface area contributed by atoms with E-state index in [1.165, 1.54) is 0 Å². The number of hydrogen-bond donors (Lipinski definition) is 1. The Bertz CT molecular complexity index is 411. The van der Waals surface area contributed by atoms with Crippen LogP contribution >= 0.6 is 11.6 Å². The first-order valence-electron chi connectivity index (χ1n) is 4.34. The van der Waals surface area contributed by atoms with Crippen molar-refractivity contribution < 1.29 is 5.11 Å². The van der Waals surface area contributed by atoms with Gasteiger partial charge in [-0.05, 0) is 28.8 Å². The molecule has 0 amide bonds. The fourth-order valence-electron chi connectivity index (χ4n) is 1.08. The summed E-state index contributed by atoms with van der Waals surface area (Å²) < 4.78 is 0. The normalized spacial score (nSPS) is 10.3. The zero-order valence-electron chi connectivity index (χ0n) is 7.97. The summed E-state index contributed by atoms with van der Waals surface area (Å²) >= 11 is 5.93. The van der Waals surface area contributed by atoms with Crippen molar-refractivity contribution in [2.24, 2.45) is 5.11 Å². The second-order valence-electron chi connectivity index (χ2n) is 2.83. The molecule has 0 saturated carbocycles. The predicted octanol–water partition coefficient (Wildman–Crippen LogP) is 3.16. The van der Waals surface area contributed by atoms with Crippen LogP contribution in [0.15, 0.2) is 29.4 Å². The van der Waals surface area contributed by atoms with E-state index in [4.69, 9.17) is 22.2 Å². The van der Waals surface area contributed by atoms with Crippen LogP contribution in [0.25, 0.3) is 16.5 Å². The third-order valence-corrected chi connectivity index (χ3v) is 2.13. The van der Waals surface area contributed by atoms with Crippen LogP contribution in [-0.2, 0) is 6.61 Å². The lowest BCUT2D eigenvalue weighted by Crippen LogP contribution is -1.84. The van der Waals surface area contributed by atoms with E-state index < -0.39 is 0 Å². The molecular formula is C10H10ClN3O. The van der Waals surface area contributed by atoms with Crippen molar-refractivity contribution in [3.8, 4) is 0 Å². The minimum atomic E-state index is -0.0195. The molecule has 0 spiro atoms. The molecular weight excluding hydrogens is 214 g/mol. The van der Waals surface area contributed by atoms with E-state index in [1.54, 1.807) is 30.4 Å². The monoisotopic (exact) mass is 223 g/mol. The van der Waals surface area contributed by atoms with E-state index in [0.717, 1.165) is 11.1 Å². The SMILES string of the molecule is [N-]=[N+]=NCC=Cc1cc(CO)ccc1Cl. The average Bonchev–Trinajstić information content (AvgIpc) is 2.26. The van der Waals surface area contributed by atoms with Gasteiger partial charge in [0.2, 0.25) is 0 Å². The Hall–Kier alpha value is -1.48. The van der Waals surface area contributed by atoms with Gasteiger partial charge in [-0.25, -0.2) is 0 Å². The summed E-state index contributed by atoms with van der Waals surface area (Å²) in [7, 11) is 0. The highest BCUT2D eigenvalue weighted by atomic mass is 35.5. The Labute approximate surface area is 92.4 Å². The molecule has 0 heterocycles. The lowest BCUT2D eigenvalue weighted by Gasteiger charge is -2.01. The van der Waals surface area contributed by atoms with Gasteiger partial charge in [0.05, 0.1) is 6.61 Å². The van der Waals surface area contributed by atoms with Gasteiger partial charge in [0.1, 0.15) is 0 Å². The summed E-state index contributed by atoms with van der Waals surface area (Å²) in [4.78, 5) is 2.62. The summed E-state index contributed by atoms with van der Waals surface area (Å²) in [5.74, 6) is 0. The molecule has 0 aliphatic carbocycles. The Morgan fingerprint density at radius 3 is 3.00 bits per heavy atom. The third kappa shape index (κ3) is 3.64. The molecule has 78 valence electrons. The van der Waals surface area contributed by atoms with Crippen LogP contribution in [0, 0.1) is 0 Å². The number of azide groups is 1. The van der Waals surface area contributed by atoms with E-state index in [-0.39, 0.29) is 13.2 Å². The van der Waals surface area contributed by atoms with Gasteiger partial charge in [-0.15, -0.1) is 0 Å². The fraction of sp³-hybridized carbons (Fsp3) is 0.200. The maximum absolute atomic E-state index is 8.93. The number of hydrogen-bond acceptors (Lipinski definition) is 2. The molecule has 0 unspecified atom stereocenters. The van der Waals surface area contributed by atoms with Crippen LogP contribution < -0.4 is 0 Å². The summed E-state index contributed by atoms with van der Waals surface area (Å²) in [6, 6.07) is 5.27. The van der Waals surface area contributed by atoms with Crippen molar-refractivity contribution in [2.45, 2.75) is 6.61 Å². The number of aliphatic hydroxyl groups is 1. The third-order valence-electron chi connectivity index (χ3n) is 1.79. The first-order valence-corrected chi connectivity index (χ1v) is 4.72. The van der Waals surface area contributed by atoms with E-state index in [9.17, 15) is 0 Å². The summed E-state index contributed by atoms with van der Waals surface area (Å²) in [5, 5.41) is 12.9. The molecule has 0 aliphatic rings. The molecule has 0 aromatic heterocycles. The molecule has 1 N–H and O–H groups in total. The van der Waals surface area contributed by atoms with E-state index in [2.05, 4.69) is 10.0 Å². The highest BCUT2D eigenvalue weighted by Gasteiger charge is 1.97. The van der Waals surface area contributed by atoms with Crippen LogP contribution in [0.1, 0.15) is 11.1 Å².